The van der Waals surface area contributed by atoms with Crippen LogP contribution in [0.1, 0.15) is 5.76 Å². The monoisotopic (exact) mass is 243 g/mol. The molecule has 0 bridgehead atoms. The summed E-state index contributed by atoms with van der Waals surface area (Å²) in [5.41, 5.74) is 4.80. The van der Waals surface area contributed by atoms with Gasteiger partial charge in [0.15, 0.2) is 6.61 Å². The summed E-state index contributed by atoms with van der Waals surface area (Å²) in [6.45, 7) is 1.13. The first kappa shape index (κ1) is 13.0. The minimum absolute atomic E-state index is 0.188. The lowest BCUT2D eigenvalue weighted by Crippen LogP contribution is -2.41. The molecule has 0 aliphatic rings. The number of aliphatic hydroxyl groups is 1. The first-order valence-corrected chi connectivity index (χ1v) is 4.79. The number of amides is 2. The summed E-state index contributed by atoms with van der Waals surface area (Å²) in [6.07, 6.45) is -1.41. The van der Waals surface area contributed by atoms with E-state index in [4.69, 9.17) is 20.1 Å². The molecular weight excluding hydrogens is 230 g/mol. The lowest BCUT2D eigenvalue weighted by molar-refractivity contribution is -0.127. The predicted molar refractivity (Wildman–Crippen MR) is 54.9 cm³/mol. The van der Waals surface area contributed by atoms with Gasteiger partial charge in [-0.15, -0.1) is 0 Å². The van der Waals surface area contributed by atoms with Gasteiger partial charge in [0.2, 0.25) is 5.91 Å². The van der Waals surface area contributed by atoms with Gasteiger partial charge >= 0.3 is 0 Å². The molecule has 1 unspecified atom stereocenters. The summed E-state index contributed by atoms with van der Waals surface area (Å²) in [4.78, 5) is 21.7. The van der Waals surface area contributed by atoms with Crippen molar-refractivity contribution in [1.29, 1.82) is 0 Å². The lowest BCUT2D eigenvalue weighted by Gasteiger charge is -2.08. The van der Waals surface area contributed by atoms with Gasteiger partial charge < -0.3 is 25.4 Å². The van der Waals surface area contributed by atoms with E-state index in [9.17, 15) is 9.59 Å². The molecule has 94 valence electrons. The summed E-state index contributed by atoms with van der Waals surface area (Å²) < 4.78 is 9.69. The topological polar surface area (TPSA) is 128 Å². The first-order valence-electron chi connectivity index (χ1n) is 4.79. The van der Waals surface area contributed by atoms with Crippen molar-refractivity contribution in [3.8, 4) is 5.88 Å². The highest BCUT2D eigenvalue weighted by Crippen LogP contribution is 2.09. The highest BCUT2D eigenvalue weighted by atomic mass is 16.5. The largest absolute Gasteiger partial charge is 0.465 e. The molecule has 1 atom stereocenters. The maximum absolute atomic E-state index is 11.2. The lowest BCUT2D eigenvalue weighted by atomic mass is 10.3. The van der Waals surface area contributed by atoms with E-state index in [0.29, 0.717) is 5.76 Å². The highest BCUT2D eigenvalue weighted by Gasteiger charge is 2.12. The van der Waals surface area contributed by atoms with Crippen LogP contribution >= 0.6 is 0 Å². The first-order chi connectivity index (χ1) is 7.99. The molecule has 0 radical (unpaired) electrons. The average Bonchev–Trinajstić information content (AvgIpc) is 2.69. The van der Waals surface area contributed by atoms with Gasteiger partial charge in [0, 0.05) is 6.07 Å². The Balaban J connectivity index is 2.24. The maximum Gasteiger partial charge on any atom is 0.258 e. The fourth-order valence-electron chi connectivity index (χ4n) is 0.913. The van der Waals surface area contributed by atoms with Gasteiger partial charge in [-0.2, -0.15) is 0 Å². The summed E-state index contributed by atoms with van der Waals surface area (Å²) in [7, 11) is 0. The van der Waals surface area contributed by atoms with E-state index in [1.807, 2.05) is 0 Å². The molecule has 17 heavy (non-hydrogen) atoms. The van der Waals surface area contributed by atoms with Crippen molar-refractivity contribution in [3.05, 3.63) is 11.8 Å². The van der Waals surface area contributed by atoms with Gasteiger partial charge in [-0.3, -0.25) is 9.59 Å². The van der Waals surface area contributed by atoms with Crippen LogP contribution in [0.3, 0.4) is 0 Å². The number of aliphatic hydroxyl groups excluding tert-OH is 1. The number of hydrogen-bond donors (Lipinski definition) is 3. The van der Waals surface area contributed by atoms with Crippen LogP contribution in [0.25, 0.3) is 0 Å². The zero-order valence-electron chi connectivity index (χ0n) is 9.17. The number of aryl methyl sites for hydroxylation is 1. The summed E-state index contributed by atoms with van der Waals surface area (Å²) in [5, 5.41) is 14.8. The number of hydrogen-bond acceptors (Lipinski definition) is 6. The Morgan fingerprint density at radius 1 is 1.71 bits per heavy atom. The number of nitrogens with two attached hydrogens (primary N) is 1. The van der Waals surface area contributed by atoms with Crippen molar-refractivity contribution < 1.29 is 24.0 Å². The Labute approximate surface area is 96.7 Å². The Kier molecular flexibility index (Phi) is 4.46. The molecule has 8 heteroatoms. The Morgan fingerprint density at radius 2 is 2.41 bits per heavy atom. The fraction of sp³-hybridized carbons (Fsp3) is 0.444. The van der Waals surface area contributed by atoms with Crippen molar-refractivity contribution >= 4 is 11.8 Å². The number of nitrogens with one attached hydrogen (secondary N) is 1. The van der Waals surface area contributed by atoms with Crippen molar-refractivity contribution in [2.75, 3.05) is 13.2 Å². The van der Waals surface area contributed by atoms with Crippen molar-refractivity contribution in [2.45, 2.75) is 13.0 Å². The Morgan fingerprint density at radius 3 is 2.94 bits per heavy atom. The molecule has 0 spiro atoms. The van der Waals surface area contributed by atoms with Crippen molar-refractivity contribution in [3.63, 3.8) is 0 Å². The SMILES string of the molecule is Cc1cc(OCC(=O)NCC(O)C(N)=O)no1. The van der Waals surface area contributed by atoms with Crippen LogP contribution in [0, 0.1) is 6.92 Å². The van der Waals surface area contributed by atoms with Crippen LogP contribution in [0.15, 0.2) is 10.6 Å². The fourth-order valence-corrected chi connectivity index (χ4v) is 0.913. The molecule has 0 aliphatic heterocycles. The van der Waals surface area contributed by atoms with Crippen molar-refractivity contribution in [2.24, 2.45) is 5.73 Å². The number of aromatic nitrogens is 1. The third-order valence-electron chi connectivity index (χ3n) is 1.78. The molecule has 0 saturated heterocycles. The number of rotatable bonds is 6. The second-order valence-electron chi connectivity index (χ2n) is 3.29. The summed E-state index contributed by atoms with van der Waals surface area (Å²) in [6, 6.07) is 1.52. The van der Waals surface area contributed by atoms with Crippen LogP contribution in [-0.4, -0.2) is 41.3 Å². The smallest absolute Gasteiger partial charge is 0.258 e. The van der Waals surface area contributed by atoms with Crippen LogP contribution in [0.2, 0.25) is 0 Å². The maximum atomic E-state index is 11.2. The molecule has 2 amide bonds. The van der Waals surface area contributed by atoms with E-state index in [1.54, 1.807) is 6.92 Å². The molecule has 4 N–H and O–H groups in total. The molecule has 1 aromatic heterocycles. The van der Waals surface area contributed by atoms with Crippen LogP contribution in [0.5, 0.6) is 5.88 Å². The second kappa shape index (κ2) is 5.85. The summed E-state index contributed by atoms with van der Waals surface area (Å²) in [5.74, 6) is -0.665. The van der Waals surface area contributed by atoms with E-state index < -0.39 is 17.9 Å². The minimum Gasteiger partial charge on any atom is -0.465 e. The molecule has 1 rings (SSSR count). The predicted octanol–water partition coefficient (Wildman–Crippen LogP) is -1.68. The molecule has 8 nitrogen and oxygen atoms in total. The molecule has 0 aromatic carbocycles. The Bertz CT molecular complexity index is 403. The minimum atomic E-state index is -1.41. The van der Waals surface area contributed by atoms with E-state index in [-0.39, 0.29) is 19.0 Å². The summed E-state index contributed by atoms with van der Waals surface area (Å²) >= 11 is 0. The van der Waals surface area contributed by atoms with Gasteiger partial charge in [0.05, 0.1) is 6.54 Å². The molecule has 1 heterocycles. The van der Waals surface area contributed by atoms with E-state index in [1.165, 1.54) is 6.07 Å². The van der Waals surface area contributed by atoms with Crippen LogP contribution in [0.4, 0.5) is 0 Å². The second-order valence-corrected chi connectivity index (χ2v) is 3.29. The standard InChI is InChI=1S/C9H13N3O5/c1-5-2-8(12-17-5)16-4-7(14)11-3-6(13)9(10)15/h2,6,13H,3-4H2,1H3,(H2,10,15)(H,11,14). The van der Waals surface area contributed by atoms with Gasteiger partial charge in [0.25, 0.3) is 11.8 Å². The van der Waals surface area contributed by atoms with Crippen LogP contribution < -0.4 is 15.8 Å². The number of ether oxygens (including phenoxy) is 1. The zero-order valence-corrected chi connectivity index (χ0v) is 9.17. The zero-order chi connectivity index (χ0) is 12.8. The Hall–Kier alpha value is -2.09. The highest BCUT2D eigenvalue weighted by molar-refractivity contribution is 5.81. The number of nitrogens with zero attached hydrogens (tertiary/aromatic N) is 1. The van der Waals surface area contributed by atoms with E-state index in [0.717, 1.165) is 0 Å². The third kappa shape index (κ3) is 4.51. The molecular formula is C9H13N3O5. The quantitative estimate of drug-likeness (QED) is 0.547. The van der Waals surface area contributed by atoms with Gasteiger partial charge in [-0.1, -0.05) is 0 Å². The molecule has 1 aromatic rings. The van der Waals surface area contributed by atoms with Crippen LogP contribution in [-0.2, 0) is 9.59 Å². The average molecular weight is 243 g/mol. The van der Waals surface area contributed by atoms with E-state index >= 15 is 0 Å². The number of primary amides is 1. The van der Waals surface area contributed by atoms with Gasteiger partial charge in [-0.05, 0) is 12.1 Å². The normalized spacial score (nSPS) is 11.9. The molecule has 0 saturated carbocycles. The van der Waals surface area contributed by atoms with Gasteiger partial charge in [0.1, 0.15) is 11.9 Å². The molecule has 0 fully saturated rings. The molecule has 0 aliphatic carbocycles. The van der Waals surface area contributed by atoms with Gasteiger partial charge in [-0.25, -0.2) is 0 Å². The van der Waals surface area contributed by atoms with Crippen molar-refractivity contribution in [1.82, 2.24) is 10.5 Å². The number of carbonyl (C=O) groups excluding carboxylic acids is 2. The van der Waals surface area contributed by atoms with E-state index in [2.05, 4.69) is 10.5 Å². The number of carbonyl (C=O) groups is 2. The third-order valence-corrected chi connectivity index (χ3v) is 1.78.